The van der Waals surface area contributed by atoms with E-state index in [1.54, 1.807) is 0 Å². The van der Waals surface area contributed by atoms with E-state index >= 15 is 0 Å². The Balaban J connectivity index is 1.97. The van der Waals surface area contributed by atoms with E-state index in [9.17, 15) is 0 Å². The fourth-order valence-electron chi connectivity index (χ4n) is 2.77. The third kappa shape index (κ3) is 1.81. The van der Waals surface area contributed by atoms with Gasteiger partial charge in [0.2, 0.25) is 0 Å². The summed E-state index contributed by atoms with van der Waals surface area (Å²) in [6, 6.07) is 0.683. The normalized spacial score (nSPS) is 39.4. The molecule has 0 aromatic heterocycles. The highest BCUT2D eigenvalue weighted by Gasteiger charge is 2.41. The summed E-state index contributed by atoms with van der Waals surface area (Å²) in [7, 11) is 0. The molecule has 2 aliphatic rings. The number of hydrogen-bond acceptors (Lipinski definition) is 3. The lowest BCUT2D eigenvalue weighted by atomic mass is 9.91. The third-order valence-electron chi connectivity index (χ3n) is 3.91. The Hall–Kier alpha value is -0.120. The van der Waals surface area contributed by atoms with E-state index in [0.717, 1.165) is 13.0 Å². The Labute approximate surface area is 86.4 Å². The topological polar surface area (TPSA) is 47.3 Å². The van der Waals surface area contributed by atoms with Crippen LogP contribution in [0.15, 0.2) is 0 Å². The zero-order valence-electron chi connectivity index (χ0n) is 9.09. The summed E-state index contributed by atoms with van der Waals surface area (Å²) in [5.74, 6) is 0. The summed E-state index contributed by atoms with van der Waals surface area (Å²) in [6.07, 6.45) is 6.71. The molecule has 0 aromatic carbocycles. The molecule has 0 radical (unpaired) electrons. The largest absolute Gasteiger partial charge is 0.376 e. The van der Waals surface area contributed by atoms with Gasteiger partial charge in [0.15, 0.2) is 0 Å². The molecule has 3 nitrogen and oxygen atoms in total. The van der Waals surface area contributed by atoms with Crippen LogP contribution in [0, 0.1) is 0 Å². The molecule has 82 valence electrons. The van der Waals surface area contributed by atoms with Crippen molar-refractivity contribution in [2.24, 2.45) is 5.73 Å². The summed E-state index contributed by atoms with van der Waals surface area (Å²) in [5, 5.41) is 3.74. The molecule has 1 saturated carbocycles. The zero-order valence-corrected chi connectivity index (χ0v) is 9.09. The van der Waals surface area contributed by atoms with Crippen LogP contribution in [0.3, 0.4) is 0 Å². The van der Waals surface area contributed by atoms with Gasteiger partial charge in [-0.1, -0.05) is 12.8 Å². The van der Waals surface area contributed by atoms with E-state index < -0.39 is 0 Å². The van der Waals surface area contributed by atoms with E-state index in [1.165, 1.54) is 25.7 Å². The van der Waals surface area contributed by atoms with Crippen LogP contribution in [0.4, 0.5) is 0 Å². The van der Waals surface area contributed by atoms with Crippen LogP contribution in [0.1, 0.15) is 39.0 Å². The minimum Gasteiger partial charge on any atom is -0.376 e. The minimum absolute atomic E-state index is 0.0645. The lowest BCUT2D eigenvalue weighted by Crippen LogP contribution is -2.58. The second kappa shape index (κ2) is 4.17. The first-order valence-corrected chi connectivity index (χ1v) is 5.86. The molecule has 14 heavy (non-hydrogen) atoms. The van der Waals surface area contributed by atoms with Crippen molar-refractivity contribution < 1.29 is 4.74 Å². The lowest BCUT2D eigenvalue weighted by molar-refractivity contribution is 0.0808. The number of rotatable bonds is 3. The molecule has 1 heterocycles. The van der Waals surface area contributed by atoms with Crippen molar-refractivity contribution in [3.8, 4) is 0 Å². The van der Waals surface area contributed by atoms with Crippen molar-refractivity contribution in [2.45, 2.75) is 56.7 Å². The molecule has 0 bridgehead atoms. The second-order valence-electron chi connectivity index (χ2n) is 4.75. The average Bonchev–Trinajstić information content (AvgIpc) is 2.79. The van der Waals surface area contributed by atoms with Gasteiger partial charge in [-0.15, -0.1) is 0 Å². The first-order chi connectivity index (χ1) is 6.77. The predicted octanol–water partition coefficient (Wildman–Crippen LogP) is 1.02. The molecular weight excluding hydrogens is 176 g/mol. The molecular formula is C11H22N2O. The molecule has 3 N–H and O–H groups in total. The van der Waals surface area contributed by atoms with Gasteiger partial charge in [-0.2, -0.15) is 0 Å². The van der Waals surface area contributed by atoms with Crippen molar-refractivity contribution in [2.75, 3.05) is 13.2 Å². The Morgan fingerprint density at radius 2 is 2.14 bits per heavy atom. The first kappa shape index (κ1) is 10.4. The van der Waals surface area contributed by atoms with Crippen molar-refractivity contribution in [3.05, 3.63) is 0 Å². The number of nitrogens with two attached hydrogens (primary N) is 1. The maximum Gasteiger partial charge on any atom is 0.0741 e. The smallest absolute Gasteiger partial charge is 0.0741 e. The van der Waals surface area contributed by atoms with E-state index in [1.807, 2.05) is 0 Å². The highest BCUT2D eigenvalue weighted by Crippen LogP contribution is 2.28. The van der Waals surface area contributed by atoms with Gasteiger partial charge in [-0.3, -0.25) is 0 Å². The van der Waals surface area contributed by atoms with Crippen LogP contribution in [-0.2, 0) is 4.74 Å². The second-order valence-corrected chi connectivity index (χ2v) is 4.75. The van der Waals surface area contributed by atoms with Crippen molar-refractivity contribution >= 4 is 0 Å². The molecule has 0 spiro atoms. The summed E-state index contributed by atoms with van der Waals surface area (Å²) in [6.45, 7) is 3.70. The van der Waals surface area contributed by atoms with Crippen LogP contribution in [-0.4, -0.2) is 30.8 Å². The molecule has 1 saturated heterocycles. The minimum atomic E-state index is 0.0645. The molecule has 2 rings (SSSR count). The van der Waals surface area contributed by atoms with Crippen molar-refractivity contribution in [1.82, 2.24) is 5.32 Å². The van der Waals surface area contributed by atoms with Gasteiger partial charge in [0.25, 0.3) is 0 Å². The number of hydrogen-bond donors (Lipinski definition) is 2. The van der Waals surface area contributed by atoms with Gasteiger partial charge in [0.1, 0.15) is 0 Å². The lowest BCUT2D eigenvalue weighted by Gasteiger charge is -2.35. The Kier molecular flexibility index (Phi) is 3.10. The van der Waals surface area contributed by atoms with Gasteiger partial charge in [0.05, 0.1) is 11.6 Å². The highest BCUT2D eigenvalue weighted by molar-refractivity contribution is 5.00. The van der Waals surface area contributed by atoms with Gasteiger partial charge in [-0.25, -0.2) is 0 Å². The number of nitrogens with one attached hydrogen (secondary N) is 1. The number of ether oxygens (including phenoxy) is 1. The molecule has 1 aliphatic heterocycles. The maximum atomic E-state index is 5.89. The van der Waals surface area contributed by atoms with E-state index in [2.05, 4.69) is 12.2 Å². The average molecular weight is 198 g/mol. The monoisotopic (exact) mass is 198 g/mol. The summed E-state index contributed by atoms with van der Waals surface area (Å²) in [5.41, 5.74) is 5.96. The highest BCUT2D eigenvalue weighted by atomic mass is 16.5. The summed E-state index contributed by atoms with van der Waals surface area (Å²) in [4.78, 5) is 0. The molecule has 0 aromatic rings. The van der Waals surface area contributed by atoms with Crippen LogP contribution in [0.5, 0.6) is 0 Å². The molecule has 2 unspecified atom stereocenters. The Morgan fingerprint density at radius 1 is 1.43 bits per heavy atom. The van der Waals surface area contributed by atoms with Crippen LogP contribution in [0.25, 0.3) is 0 Å². The van der Waals surface area contributed by atoms with Gasteiger partial charge in [-0.05, 0) is 26.2 Å². The van der Waals surface area contributed by atoms with E-state index in [4.69, 9.17) is 10.5 Å². The Bertz CT molecular complexity index is 192. The van der Waals surface area contributed by atoms with Gasteiger partial charge >= 0.3 is 0 Å². The van der Waals surface area contributed by atoms with Gasteiger partial charge < -0.3 is 15.8 Å². The standard InChI is InChI=1S/C11H22N2O/c1-9-11(8-12,6-7-14-9)13-10-4-2-3-5-10/h9-10,13H,2-8,12H2,1H3. The maximum absolute atomic E-state index is 5.89. The van der Waals surface area contributed by atoms with E-state index in [-0.39, 0.29) is 11.6 Å². The molecule has 3 heteroatoms. The molecule has 2 fully saturated rings. The fraction of sp³-hybridized carbons (Fsp3) is 1.00. The molecule has 0 amide bonds. The van der Waals surface area contributed by atoms with Crippen molar-refractivity contribution in [3.63, 3.8) is 0 Å². The third-order valence-corrected chi connectivity index (χ3v) is 3.91. The SMILES string of the molecule is CC1OCCC1(CN)NC1CCCC1. The predicted molar refractivity (Wildman–Crippen MR) is 57.2 cm³/mol. The van der Waals surface area contributed by atoms with E-state index in [0.29, 0.717) is 12.6 Å². The fourth-order valence-corrected chi connectivity index (χ4v) is 2.77. The first-order valence-electron chi connectivity index (χ1n) is 5.86. The van der Waals surface area contributed by atoms with Crippen LogP contribution < -0.4 is 11.1 Å². The van der Waals surface area contributed by atoms with Crippen LogP contribution in [0.2, 0.25) is 0 Å². The van der Waals surface area contributed by atoms with Gasteiger partial charge in [0, 0.05) is 19.2 Å². The zero-order chi connectivity index (χ0) is 10.0. The summed E-state index contributed by atoms with van der Waals surface area (Å²) < 4.78 is 5.63. The van der Waals surface area contributed by atoms with Crippen LogP contribution >= 0.6 is 0 Å². The molecule has 2 atom stereocenters. The summed E-state index contributed by atoms with van der Waals surface area (Å²) >= 11 is 0. The quantitative estimate of drug-likeness (QED) is 0.712. The Morgan fingerprint density at radius 3 is 2.64 bits per heavy atom. The molecule has 1 aliphatic carbocycles. The van der Waals surface area contributed by atoms with Crippen molar-refractivity contribution in [1.29, 1.82) is 0 Å².